The largest absolute Gasteiger partial charge is 0.495 e. The van der Waals surface area contributed by atoms with Crippen LogP contribution in [-0.4, -0.2) is 25.5 Å². The topological polar surface area (TPSA) is 58.6 Å². The van der Waals surface area contributed by atoms with Crippen molar-refractivity contribution in [2.75, 3.05) is 23.9 Å². The molecule has 0 aliphatic carbocycles. The van der Waals surface area contributed by atoms with Crippen molar-refractivity contribution >= 4 is 34.8 Å². The Hall–Kier alpha value is -2.53. The van der Waals surface area contributed by atoms with Gasteiger partial charge in [-0.15, -0.1) is 0 Å². The number of aryl methyl sites for hydroxylation is 1. The highest BCUT2D eigenvalue weighted by molar-refractivity contribution is 6.33. The van der Waals surface area contributed by atoms with Crippen LogP contribution in [0, 0.1) is 12.8 Å². The van der Waals surface area contributed by atoms with Crippen molar-refractivity contribution in [3.8, 4) is 5.75 Å². The zero-order valence-corrected chi connectivity index (χ0v) is 14.8. The van der Waals surface area contributed by atoms with E-state index >= 15 is 0 Å². The third kappa shape index (κ3) is 3.61. The van der Waals surface area contributed by atoms with Gasteiger partial charge in [0.05, 0.1) is 29.4 Å². The molecule has 1 N–H and O–H groups in total. The van der Waals surface area contributed by atoms with Crippen molar-refractivity contribution < 1.29 is 14.3 Å². The molecule has 2 aromatic rings. The monoisotopic (exact) mass is 358 g/mol. The molecule has 0 bridgehead atoms. The van der Waals surface area contributed by atoms with Gasteiger partial charge in [-0.1, -0.05) is 29.8 Å². The van der Waals surface area contributed by atoms with Gasteiger partial charge in [0.25, 0.3) is 0 Å². The van der Waals surface area contributed by atoms with E-state index in [0.717, 1.165) is 5.56 Å². The maximum absolute atomic E-state index is 12.5. The highest BCUT2D eigenvalue weighted by Gasteiger charge is 2.36. The minimum Gasteiger partial charge on any atom is -0.495 e. The first kappa shape index (κ1) is 17.3. The van der Waals surface area contributed by atoms with Crippen molar-refractivity contribution in [2.24, 2.45) is 5.92 Å². The summed E-state index contributed by atoms with van der Waals surface area (Å²) in [5, 5.41) is 3.30. The molecule has 6 heteroatoms. The lowest BCUT2D eigenvalue weighted by molar-refractivity contribution is -0.122. The van der Waals surface area contributed by atoms with E-state index in [9.17, 15) is 9.59 Å². The molecule has 0 saturated carbocycles. The summed E-state index contributed by atoms with van der Waals surface area (Å²) in [6, 6.07) is 12.7. The Labute approximate surface area is 151 Å². The summed E-state index contributed by atoms with van der Waals surface area (Å²) in [7, 11) is 1.56. The van der Waals surface area contributed by atoms with E-state index in [4.69, 9.17) is 16.3 Å². The van der Waals surface area contributed by atoms with Gasteiger partial charge < -0.3 is 15.0 Å². The van der Waals surface area contributed by atoms with E-state index in [1.165, 1.54) is 0 Å². The number of hydrogen-bond acceptors (Lipinski definition) is 3. The van der Waals surface area contributed by atoms with E-state index in [2.05, 4.69) is 5.32 Å². The zero-order chi connectivity index (χ0) is 18.0. The van der Waals surface area contributed by atoms with Crippen LogP contribution in [0.2, 0.25) is 5.02 Å². The van der Waals surface area contributed by atoms with Crippen LogP contribution in [-0.2, 0) is 9.59 Å². The van der Waals surface area contributed by atoms with Gasteiger partial charge >= 0.3 is 0 Å². The SMILES string of the molecule is COc1ccccc1N1C[C@H](C(=O)Nc2ccc(C)cc2Cl)CC1=O. The molecule has 0 spiro atoms. The first-order valence-corrected chi connectivity index (χ1v) is 8.38. The van der Waals surface area contributed by atoms with Crippen molar-refractivity contribution in [3.63, 3.8) is 0 Å². The summed E-state index contributed by atoms with van der Waals surface area (Å²) in [6.07, 6.45) is 0.160. The summed E-state index contributed by atoms with van der Waals surface area (Å²) in [5.74, 6) is -0.135. The Morgan fingerprint density at radius 3 is 2.76 bits per heavy atom. The van der Waals surface area contributed by atoms with E-state index < -0.39 is 5.92 Å². The van der Waals surface area contributed by atoms with Gasteiger partial charge in [0, 0.05) is 13.0 Å². The highest BCUT2D eigenvalue weighted by Crippen LogP contribution is 2.33. The zero-order valence-electron chi connectivity index (χ0n) is 14.1. The first-order chi connectivity index (χ1) is 12.0. The van der Waals surface area contributed by atoms with Crippen LogP contribution in [0.5, 0.6) is 5.75 Å². The maximum Gasteiger partial charge on any atom is 0.229 e. The average Bonchev–Trinajstić information content (AvgIpc) is 2.99. The molecule has 1 atom stereocenters. The third-order valence-electron chi connectivity index (χ3n) is 4.25. The Morgan fingerprint density at radius 1 is 1.28 bits per heavy atom. The quantitative estimate of drug-likeness (QED) is 0.907. The number of para-hydroxylation sites is 2. The summed E-state index contributed by atoms with van der Waals surface area (Å²) in [5.41, 5.74) is 2.25. The van der Waals surface area contributed by atoms with Crippen molar-refractivity contribution in [1.82, 2.24) is 0 Å². The molecule has 0 unspecified atom stereocenters. The maximum atomic E-state index is 12.5. The smallest absolute Gasteiger partial charge is 0.229 e. The van der Waals surface area contributed by atoms with Crippen LogP contribution in [0.1, 0.15) is 12.0 Å². The minimum atomic E-state index is -0.435. The minimum absolute atomic E-state index is 0.0975. The molecule has 25 heavy (non-hydrogen) atoms. The molecule has 1 heterocycles. The van der Waals surface area contributed by atoms with Crippen LogP contribution < -0.4 is 15.0 Å². The molecule has 3 rings (SSSR count). The Balaban J connectivity index is 1.74. The van der Waals surface area contributed by atoms with Gasteiger partial charge in [-0.3, -0.25) is 9.59 Å². The predicted octanol–water partition coefficient (Wildman–Crippen LogP) is 3.65. The number of anilines is 2. The fourth-order valence-corrected chi connectivity index (χ4v) is 3.21. The second kappa shape index (κ2) is 7.15. The highest BCUT2D eigenvalue weighted by atomic mass is 35.5. The number of benzene rings is 2. The fraction of sp³-hybridized carbons (Fsp3) is 0.263. The summed E-state index contributed by atoms with van der Waals surface area (Å²) in [4.78, 5) is 26.5. The number of hydrogen-bond donors (Lipinski definition) is 1. The van der Waals surface area contributed by atoms with Gasteiger partial charge in [-0.05, 0) is 36.8 Å². The molecule has 1 aliphatic rings. The van der Waals surface area contributed by atoms with Crippen LogP contribution in [0.25, 0.3) is 0 Å². The molecule has 2 aromatic carbocycles. The van der Waals surface area contributed by atoms with Crippen LogP contribution >= 0.6 is 11.6 Å². The second-order valence-corrected chi connectivity index (χ2v) is 6.46. The van der Waals surface area contributed by atoms with Crippen molar-refractivity contribution in [2.45, 2.75) is 13.3 Å². The lowest BCUT2D eigenvalue weighted by Crippen LogP contribution is -2.28. The second-order valence-electron chi connectivity index (χ2n) is 6.05. The van der Waals surface area contributed by atoms with Gasteiger partial charge in [0.2, 0.25) is 11.8 Å². The van der Waals surface area contributed by atoms with E-state index in [0.29, 0.717) is 28.7 Å². The molecule has 2 amide bonds. The molecule has 0 radical (unpaired) electrons. The number of carbonyl (C=O) groups excluding carboxylic acids is 2. The Bertz CT molecular complexity index is 822. The van der Waals surface area contributed by atoms with E-state index in [1.54, 1.807) is 30.2 Å². The lowest BCUT2D eigenvalue weighted by Gasteiger charge is -2.19. The average molecular weight is 359 g/mol. The number of ether oxygens (including phenoxy) is 1. The van der Waals surface area contributed by atoms with E-state index in [1.807, 2.05) is 31.2 Å². The molecule has 1 fully saturated rings. The molecule has 130 valence electrons. The molecule has 1 saturated heterocycles. The summed E-state index contributed by atoms with van der Waals surface area (Å²) in [6.45, 7) is 2.24. The van der Waals surface area contributed by atoms with Crippen LogP contribution in [0.4, 0.5) is 11.4 Å². The summed E-state index contributed by atoms with van der Waals surface area (Å²) >= 11 is 6.16. The summed E-state index contributed by atoms with van der Waals surface area (Å²) < 4.78 is 5.31. The van der Waals surface area contributed by atoms with Crippen molar-refractivity contribution in [3.05, 3.63) is 53.1 Å². The number of amides is 2. The third-order valence-corrected chi connectivity index (χ3v) is 4.57. The number of nitrogens with one attached hydrogen (secondary N) is 1. The molecule has 5 nitrogen and oxygen atoms in total. The number of rotatable bonds is 4. The number of nitrogens with zero attached hydrogens (tertiary/aromatic N) is 1. The number of methoxy groups -OCH3 is 1. The van der Waals surface area contributed by atoms with E-state index in [-0.39, 0.29) is 18.2 Å². The Kier molecular flexibility index (Phi) is 4.95. The fourth-order valence-electron chi connectivity index (χ4n) is 2.93. The number of carbonyl (C=O) groups is 2. The van der Waals surface area contributed by atoms with Gasteiger partial charge in [0.15, 0.2) is 0 Å². The molecule has 0 aromatic heterocycles. The van der Waals surface area contributed by atoms with Crippen LogP contribution in [0.15, 0.2) is 42.5 Å². The normalized spacial score (nSPS) is 16.8. The lowest BCUT2D eigenvalue weighted by atomic mass is 10.1. The van der Waals surface area contributed by atoms with Gasteiger partial charge in [0.1, 0.15) is 5.75 Å². The number of halogens is 1. The van der Waals surface area contributed by atoms with Gasteiger partial charge in [-0.25, -0.2) is 0 Å². The molecule has 1 aliphatic heterocycles. The van der Waals surface area contributed by atoms with Gasteiger partial charge in [-0.2, -0.15) is 0 Å². The Morgan fingerprint density at radius 2 is 2.04 bits per heavy atom. The molecular weight excluding hydrogens is 340 g/mol. The predicted molar refractivity (Wildman–Crippen MR) is 98.3 cm³/mol. The molecular formula is C19H19ClN2O3. The first-order valence-electron chi connectivity index (χ1n) is 8.00. The van der Waals surface area contributed by atoms with Crippen molar-refractivity contribution in [1.29, 1.82) is 0 Å². The van der Waals surface area contributed by atoms with Crippen LogP contribution in [0.3, 0.4) is 0 Å². The standard InChI is InChI=1S/C19H19ClN2O3/c1-12-7-8-15(14(20)9-12)21-19(24)13-10-18(23)22(11-13)16-5-3-4-6-17(16)25-2/h3-9,13H,10-11H2,1-2H3,(H,21,24)/t13-/m1/s1.